The summed E-state index contributed by atoms with van der Waals surface area (Å²) in [6.45, 7) is 5.33. The Morgan fingerprint density at radius 1 is 1.09 bits per heavy atom. The van der Waals surface area contributed by atoms with Gasteiger partial charge in [-0.05, 0) is 55.9 Å². The fourth-order valence-corrected chi connectivity index (χ4v) is 7.40. The molecule has 0 aliphatic carbocycles. The fourth-order valence-electron chi connectivity index (χ4n) is 6.83. The van der Waals surface area contributed by atoms with E-state index in [1.807, 2.05) is 29.2 Å². The van der Waals surface area contributed by atoms with Crippen LogP contribution < -0.4 is 9.64 Å². The summed E-state index contributed by atoms with van der Waals surface area (Å²) in [7, 11) is 2.05. The van der Waals surface area contributed by atoms with Gasteiger partial charge in [0, 0.05) is 40.5 Å². The highest BCUT2D eigenvalue weighted by molar-refractivity contribution is 6.38. The highest BCUT2D eigenvalue weighted by atomic mass is 35.5. The molecule has 222 valence electrons. The van der Waals surface area contributed by atoms with Crippen molar-refractivity contribution in [1.82, 2.24) is 19.8 Å². The summed E-state index contributed by atoms with van der Waals surface area (Å²) in [6, 6.07) is 12.7. The topological polar surface area (TPSA) is 61.8 Å². The first kappa shape index (κ1) is 28.3. The molecule has 7 rings (SSSR count). The van der Waals surface area contributed by atoms with Gasteiger partial charge in [-0.2, -0.15) is 9.97 Å². The van der Waals surface area contributed by atoms with Gasteiger partial charge in [0.25, 0.3) is 5.91 Å². The predicted molar refractivity (Wildman–Crippen MR) is 165 cm³/mol. The minimum Gasteiger partial charge on any atom is -0.462 e. The largest absolute Gasteiger partial charge is 0.462 e. The van der Waals surface area contributed by atoms with Crippen LogP contribution in [0.2, 0.25) is 10.0 Å². The number of hydrogen-bond acceptors (Lipinski definition) is 6. The molecule has 7 nitrogen and oxygen atoms in total. The molecule has 3 aliphatic heterocycles. The van der Waals surface area contributed by atoms with Crippen LogP contribution in [-0.2, 0) is 4.79 Å². The van der Waals surface area contributed by atoms with Crippen LogP contribution in [-0.4, -0.2) is 77.1 Å². The average Bonchev–Trinajstić information content (AvgIpc) is 3.53. The molecule has 0 bridgehead atoms. The summed E-state index contributed by atoms with van der Waals surface area (Å²) in [6.07, 6.45) is 2.68. The molecule has 3 saturated heterocycles. The average molecular weight is 625 g/mol. The summed E-state index contributed by atoms with van der Waals surface area (Å²) < 4.78 is 36.5. The van der Waals surface area contributed by atoms with Crippen LogP contribution in [0.3, 0.4) is 0 Å². The number of ether oxygens (including phenoxy) is 1. The molecule has 4 heterocycles. The summed E-state index contributed by atoms with van der Waals surface area (Å²) >= 11 is 13.4. The van der Waals surface area contributed by atoms with Crippen LogP contribution in [0.4, 0.5) is 14.6 Å². The quantitative estimate of drug-likeness (QED) is 0.224. The van der Waals surface area contributed by atoms with E-state index in [9.17, 15) is 9.18 Å². The van der Waals surface area contributed by atoms with Gasteiger partial charge in [0.05, 0.1) is 17.1 Å². The first-order valence-corrected chi connectivity index (χ1v) is 15.1. The third kappa shape index (κ3) is 4.69. The number of aromatic nitrogens is 2. The molecule has 0 spiro atoms. The zero-order chi connectivity index (χ0) is 30.0. The number of anilines is 1. The number of halogens is 4. The van der Waals surface area contributed by atoms with Crippen molar-refractivity contribution in [3.63, 3.8) is 0 Å². The Morgan fingerprint density at radius 2 is 1.88 bits per heavy atom. The van der Waals surface area contributed by atoms with Crippen molar-refractivity contribution in [3.8, 4) is 17.1 Å². The summed E-state index contributed by atoms with van der Waals surface area (Å²) in [5, 5.41) is 2.66. The second-order valence-corrected chi connectivity index (χ2v) is 12.3. The third-order valence-electron chi connectivity index (χ3n) is 9.10. The number of fused-ring (bicyclic) bond motifs is 3. The van der Waals surface area contributed by atoms with Gasteiger partial charge in [-0.25, -0.2) is 8.78 Å². The number of carbonyl (C=O) groups excluding carboxylic acids is 1. The van der Waals surface area contributed by atoms with Crippen LogP contribution >= 0.6 is 23.2 Å². The molecule has 3 aliphatic rings. The summed E-state index contributed by atoms with van der Waals surface area (Å²) in [5.41, 5.74) is 0.831. The van der Waals surface area contributed by atoms with Crippen LogP contribution in [0, 0.1) is 5.82 Å². The number of carbonyl (C=O) groups is 1. The number of benzene rings is 3. The van der Waals surface area contributed by atoms with Gasteiger partial charge >= 0.3 is 6.01 Å². The van der Waals surface area contributed by atoms with E-state index in [0.717, 1.165) is 24.8 Å². The van der Waals surface area contributed by atoms with Crippen molar-refractivity contribution in [1.29, 1.82) is 0 Å². The Labute approximate surface area is 257 Å². The maximum atomic E-state index is 16.7. The highest BCUT2D eigenvalue weighted by Gasteiger charge is 2.50. The number of hydrogen-bond donors (Lipinski definition) is 0. The molecule has 43 heavy (non-hydrogen) atoms. The SMILES string of the molecule is C=C(F)C(=O)N1CCC2[C@H]1CN2c1nc(OC[C@@H]2CCCN2C)nc2c(F)c(-c3cccc4cccc(Cl)c34)c(Cl)cc12. The van der Waals surface area contributed by atoms with E-state index < -0.39 is 17.6 Å². The monoisotopic (exact) mass is 623 g/mol. The van der Waals surface area contributed by atoms with Crippen molar-refractivity contribution in [3.05, 3.63) is 70.7 Å². The lowest BCUT2D eigenvalue weighted by molar-refractivity contribution is -0.130. The Morgan fingerprint density at radius 3 is 2.63 bits per heavy atom. The van der Waals surface area contributed by atoms with Gasteiger partial charge in [-0.3, -0.25) is 4.79 Å². The van der Waals surface area contributed by atoms with Gasteiger partial charge in [-0.1, -0.05) is 60.1 Å². The van der Waals surface area contributed by atoms with Gasteiger partial charge < -0.3 is 19.4 Å². The Kier molecular flexibility index (Phi) is 7.15. The van der Waals surface area contributed by atoms with E-state index in [4.69, 9.17) is 32.9 Å². The molecule has 1 unspecified atom stereocenters. The van der Waals surface area contributed by atoms with Crippen LogP contribution in [0.25, 0.3) is 32.8 Å². The number of rotatable bonds is 6. The first-order valence-electron chi connectivity index (χ1n) is 14.4. The number of nitrogens with zero attached hydrogens (tertiary/aromatic N) is 5. The molecular formula is C32H29Cl2F2N5O2. The zero-order valence-corrected chi connectivity index (χ0v) is 25.0. The summed E-state index contributed by atoms with van der Waals surface area (Å²) in [4.78, 5) is 27.4. The minimum atomic E-state index is -0.978. The van der Waals surface area contributed by atoms with Crippen molar-refractivity contribution in [2.45, 2.75) is 37.4 Å². The highest BCUT2D eigenvalue weighted by Crippen LogP contribution is 2.45. The van der Waals surface area contributed by atoms with Crippen LogP contribution in [0.15, 0.2) is 54.9 Å². The minimum absolute atomic E-state index is 0.0671. The van der Waals surface area contributed by atoms with Gasteiger partial charge in [-0.15, -0.1) is 0 Å². The third-order valence-corrected chi connectivity index (χ3v) is 9.71. The number of amides is 1. The van der Waals surface area contributed by atoms with E-state index in [0.29, 0.717) is 53.3 Å². The Hall–Kier alpha value is -3.53. The van der Waals surface area contributed by atoms with Gasteiger partial charge in [0.15, 0.2) is 11.6 Å². The van der Waals surface area contributed by atoms with Gasteiger partial charge in [0.2, 0.25) is 0 Å². The van der Waals surface area contributed by atoms with Crippen molar-refractivity contribution < 1.29 is 18.3 Å². The second kappa shape index (κ2) is 10.9. The molecular weight excluding hydrogens is 595 g/mol. The maximum Gasteiger partial charge on any atom is 0.319 e. The fraction of sp³-hybridized carbons (Fsp3) is 0.344. The summed E-state index contributed by atoms with van der Waals surface area (Å²) in [5.74, 6) is -1.81. The molecule has 3 aromatic carbocycles. The van der Waals surface area contributed by atoms with E-state index >= 15 is 4.39 Å². The zero-order valence-electron chi connectivity index (χ0n) is 23.5. The Balaban J connectivity index is 1.34. The van der Waals surface area contributed by atoms with E-state index in [2.05, 4.69) is 23.5 Å². The standard InChI is InChI=1S/C32H29Cl2F2N5O2/c1-17(35)31(42)40-13-11-24-25(40)15-41(24)30-21-14-23(34)27(20-9-3-6-18-7-4-10-22(33)26(18)20)28(36)29(21)37-32(38-30)43-16-19-8-5-12-39(19)2/h3-4,6-7,9-10,14,19,24-25H,1,5,8,11-13,15-16H2,2H3/t19-,24?,25+/m0/s1. The van der Waals surface area contributed by atoms with Crippen LogP contribution in [0.1, 0.15) is 19.3 Å². The Bertz CT molecular complexity index is 1800. The second-order valence-electron chi connectivity index (χ2n) is 11.5. The van der Waals surface area contributed by atoms with Crippen LogP contribution in [0.5, 0.6) is 6.01 Å². The molecule has 0 N–H and O–H groups in total. The maximum absolute atomic E-state index is 16.7. The lowest BCUT2D eigenvalue weighted by Crippen LogP contribution is -2.63. The van der Waals surface area contributed by atoms with E-state index in [1.165, 1.54) is 4.90 Å². The molecule has 3 fully saturated rings. The molecule has 3 atom stereocenters. The molecule has 0 saturated carbocycles. The van der Waals surface area contributed by atoms with Crippen molar-refractivity contribution in [2.24, 2.45) is 0 Å². The number of likely N-dealkylation sites (tertiary alicyclic amines) is 2. The normalized spacial score (nSPS) is 21.8. The molecule has 1 aromatic heterocycles. The van der Waals surface area contributed by atoms with Crippen molar-refractivity contribution >= 4 is 56.6 Å². The van der Waals surface area contributed by atoms with Crippen molar-refractivity contribution in [2.75, 3.05) is 38.2 Å². The molecule has 11 heteroatoms. The molecule has 4 aromatic rings. The lowest BCUT2D eigenvalue weighted by Gasteiger charge is -2.47. The predicted octanol–water partition coefficient (Wildman–Crippen LogP) is 6.64. The lowest BCUT2D eigenvalue weighted by atomic mass is 9.94. The van der Waals surface area contributed by atoms with E-state index in [-0.39, 0.29) is 40.2 Å². The first-order chi connectivity index (χ1) is 20.7. The molecule has 0 radical (unpaired) electrons. The molecule has 1 amide bonds. The van der Waals surface area contributed by atoms with Gasteiger partial charge in [0.1, 0.15) is 17.9 Å². The number of likely N-dealkylation sites (N-methyl/N-ethyl adjacent to an activating group) is 1. The smallest absolute Gasteiger partial charge is 0.319 e. The van der Waals surface area contributed by atoms with E-state index in [1.54, 1.807) is 18.2 Å².